The van der Waals surface area contributed by atoms with Gasteiger partial charge in [-0.15, -0.1) is 11.6 Å². The van der Waals surface area contributed by atoms with Crippen LogP contribution in [-0.4, -0.2) is 23.6 Å². The Bertz CT molecular complexity index is 267. The molecule has 78 valence electrons. The van der Waals surface area contributed by atoms with E-state index < -0.39 is 5.97 Å². The summed E-state index contributed by atoms with van der Waals surface area (Å²) in [6, 6.07) is 0. The fourth-order valence-electron chi connectivity index (χ4n) is 0.756. The molecule has 0 aliphatic heterocycles. The van der Waals surface area contributed by atoms with Crippen molar-refractivity contribution in [2.45, 2.75) is 6.92 Å². The molecule has 0 aliphatic carbocycles. The van der Waals surface area contributed by atoms with Gasteiger partial charge in [0.1, 0.15) is 5.76 Å². The van der Waals surface area contributed by atoms with E-state index in [4.69, 9.17) is 21.4 Å². The average Bonchev–Trinajstić information content (AvgIpc) is 2.12. The lowest BCUT2D eigenvalue weighted by molar-refractivity contribution is -0.140. The summed E-state index contributed by atoms with van der Waals surface area (Å²) in [6.45, 7) is 4.93. The third kappa shape index (κ3) is 5.43. The number of allylic oxidation sites excluding steroid dienone is 4. The Hall–Kier alpha value is -1.22. The average molecular weight is 217 g/mol. The zero-order chi connectivity index (χ0) is 11.0. The van der Waals surface area contributed by atoms with Crippen molar-refractivity contribution in [1.29, 1.82) is 0 Å². The number of hydrogen-bond donors (Lipinski definition) is 1. The number of carbonyl (C=O) groups is 1. The molecule has 0 unspecified atom stereocenters. The van der Waals surface area contributed by atoms with Crippen molar-refractivity contribution in [3.8, 4) is 0 Å². The standard InChI is InChI=1S/C10H13ClO3/c1-3-4-9(8(2)5-6-11)14-7-10(12)13/h3-5H,1,6-7H2,2H3,(H,12,13)/b8-5-,9-4+. The Labute approximate surface area is 88.3 Å². The molecule has 0 saturated carbocycles. The minimum Gasteiger partial charge on any atom is -0.482 e. The van der Waals surface area contributed by atoms with Crippen molar-refractivity contribution < 1.29 is 14.6 Å². The molecule has 3 nitrogen and oxygen atoms in total. The van der Waals surface area contributed by atoms with Gasteiger partial charge >= 0.3 is 5.97 Å². The van der Waals surface area contributed by atoms with E-state index in [2.05, 4.69) is 6.58 Å². The van der Waals surface area contributed by atoms with E-state index in [9.17, 15) is 4.79 Å². The van der Waals surface area contributed by atoms with Crippen molar-refractivity contribution in [2.75, 3.05) is 12.5 Å². The fourth-order valence-corrected chi connectivity index (χ4v) is 0.988. The molecule has 1 N–H and O–H groups in total. The number of carboxylic acid groups (broad SMARTS) is 1. The van der Waals surface area contributed by atoms with Gasteiger partial charge in [-0.05, 0) is 18.6 Å². The second kappa shape index (κ2) is 7.21. The molecule has 0 atom stereocenters. The number of aliphatic carboxylic acids is 1. The highest BCUT2D eigenvalue weighted by Crippen LogP contribution is 2.11. The van der Waals surface area contributed by atoms with Gasteiger partial charge in [-0.2, -0.15) is 0 Å². The number of carboxylic acids is 1. The molecule has 0 fully saturated rings. The molecular weight excluding hydrogens is 204 g/mol. The highest BCUT2D eigenvalue weighted by atomic mass is 35.5. The van der Waals surface area contributed by atoms with Gasteiger partial charge in [-0.1, -0.05) is 18.7 Å². The van der Waals surface area contributed by atoms with E-state index in [1.807, 2.05) is 0 Å². The topological polar surface area (TPSA) is 46.5 Å². The molecule has 0 rings (SSSR count). The van der Waals surface area contributed by atoms with Gasteiger partial charge in [0, 0.05) is 5.88 Å². The van der Waals surface area contributed by atoms with Crippen molar-refractivity contribution in [2.24, 2.45) is 0 Å². The summed E-state index contributed by atoms with van der Waals surface area (Å²) >= 11 is 5.50. The number of alkyl halides is 1. The molecule has 4 heteroatoms. The van der Waals surface area contributed by atoms with Crippen LogP contribution < -0.4 is 0 Å². The third-order valence-corrected chi connectivity index (χ3v) is 1.55. The van der Waals surface area contributed by atoms with Crippen LogP contribution in [0.4, 0.5) is 0 Å². The Balaban J connectivity index is 4.45. The van der Waals surface area contributed by atoms with Crippen molar-refractivity contribution in [1.82, 2.24) is 0 Å². The van der Waals surface area contributed by atoms with Crippen LogP contribution in [0.15, 0.2) is 36.1 Å². The SMILES string of the molecule is C=C/C=C(OCC(=O)O)\C(C)=C/CCl. The second-order valence-electron chi connectivity index (χ2n) is 2.49. The summed E-state index contributed by atoms with van der Waals surface area (Å²) in [5.41, 5.74) is 0.793. The molecular formula is C10H13ClO3. The smallest absolute Gasteiger partial charge is 0.341 e. The normalized spacial score (nSPS) is 12.4. The zero-order valence-corrected chi connectivity index (χ0v) is 8.75. The molecule has 0 spiro atoms. The van der Waals surface area contributed by atoms with E-state index in [-0.39, 0.29) is 6.61 Å². The number of halogens is 1. The van der Waals surface area contributed by atoms with E-state index in [1.54, 1.807) is 19.1 Å². The van der Waals surface area contributed by atoms with Crippen LogP contribution in [-0.2, 0) is 9.53 Å². The van der Waals surface area contributed by atoms with Crippen LogP contribution in [0.3, 0.4) is 0 Å². The molecule has 14 heavy (non-hydrogen) atoms. The van der Waals surface area contributed by atoms with Crippen molar-refractivity contribution in [3.05, 3.63) is 36.1 Å². The number of ether oxygens (including phenoxy) is 1. The summed E-state index contributed by atoms with van der Waals surface area (Å²) in [5.74, 6) is -0.182. The monoisotopic (exact) mass is 216 g/mol. The van der Waals surface area contributed by atoms with Gasteiger partial charge in [0.2, 0.25) is 0 Å². The predicted octanol–water partition coefficient (Wildman–Crippen LogP) is 2.34. The second-order valence-corrected chi connectivity index (χ2v) is 2.80. The highest BCUT2D eigenvalue weighted by Gasteiger charge is 2.03. The van der Waals surface area contributed by atoms with E-state index >= 15 is 0 Å². The Morgan fingerprint density at radius 3 is 2.71 bits per heavy atom. The van der Waals surface area contributed by atoms with Crippen LogP contribution in [0.2, 0.25) is 0 Å². The van der Waals surface area contributed by atoms with E-state index in [0.717, 1.165) is 5.57 Å². The number of hydrogen-bond acceptors (Lipinski definition) is 2. The molecule has 0 saturated heterocycles. The van der Waals surface area contributed by atoms with E-state index in [1.165, 1.54) is 6.08 Å². The summed E-state index contributed by atoms with van der Waals surface area (Å²) in [4.78, 5) is 10.3. The minimum absolute atomic E-state index is 0.358. The molecule has 0 amide bonds. The quantitative estimate of drug-likeness (QED) is 0.421. The lowest BCUT2D eigenvalue weighted by atomic mass is 10.2. The lowest BCUT2D eigenvalue weighted by Crippen LogP contribution is -2.07. The van der Waals surface area contributed by atoms with Gasteiger partial charge < -0.3 is 9.84 Å². The van der Waals surface area contributed by atoms with Gasteiger partial charge in [-0.3, -0.25) is 0 Å². The molecule has 0 bridgehead atoms. The summed E-state index contributed by atoms with van der Waals surface area (Å²) < 4.78 is 5.02. The van der Waals surface area contributed by atoms with Crippen LogP contribution >= 0.6 is 11.6 Å². The summed E-state index contributed by atoms with van der Waals surface area (Å²) in [5, 5.41) is 8.42. The Kier molecular flexibility index (Phi) is 6.58. The minimum atomic E-state index is -1.02. The molecule has 0 radical (unpaired) electrons. The van der Waals surface area contributed by atoms with Gasteiger partial charge in [-0.25, -0.2) is 4.79 Å². The molecule has 0 aliphatic rings. The number of rotatable bonds is 6. The van der Waals surface area contributed by atoms with Gasteiger partial charge in [0.15, 0.2) is 6.61 Å². The van der Waals surface area contributed by atoms with Crippen LogP contribution in [0.1, 0.15) is 6.92 Å². The van der Waals surface area contributed by atoms with Crippen LogP contribution in [0.25, 0.3) is 0 Å². The first kappa shape index (κ1) is 12.8. The Morgan fingerprint density at radius 2 is 2.29 bits per heavy atom. The lowest BCUT2D eigenvalue weighted by Gasteiger charge is -2.07. The van der Waals surface area contributed by atoms with Gasteiger partial charge in [0.25, 0.3) is 0 Å². The first-order chi connectivity index (χ1) is 6.61. The molecule has 0 aromatic rings. The summed E-state index contributed by atoms with van der Waals surface area (Å²) in [7, 11) is 0. The van der Waals surface area contributed by atoms with Gasteiger partial charge in [0.05, 0.1) is 0 Å². The van der Waals surface area contributed by atoms with Crippen molar-refractivity contribution in [3.63, 3.8) is 0 Å². The fraction of sp³-hybridized carbons (Fsp3) is 0.300. The molecule has 0 aromatic carbocycles. The highest BCUT2D eigenvalue weighted by molar-refractivity contribution is 6.18. The maximum Gasteiger partial charge on any atom is 0.341 e. The van der Waals surface area contributed by atoms with Crippen LogP contribution in [0.5, 0.6) is 0 Å². The maximum absolute atomic E-state index is 10.3. The first-order valence-corrected chi connectivity index (χ1v) is 4.55. The molecule has 0 heterocycles. The predicted molar refractivity (Wildman–Crippen MR) is 56.3 cm³/mol. The molecule has 0 aromatic heterocycles. The Morgan fingerprint density at radius 1 is 1.64 bits per heavy atom. The van der Waals surface area contributed by atoms with Crippen LogP contribution in [0, 0.1) is 0 Å². The largest absolute Gasteiger partial charge is 0.482 e. The first-order valence-electron chi connectivity index (χ1n) is 4.02. The summed E-state index contributed by atoms with van der Waals surface area (Å²) in [6.07, 6.45) is 4.86. The third-order valence-electron chi connectivity index (χ3n) is 1.39. The van der Waals surface area contributed by atoms with Crippen molar-refractivity contribution >= 4 is 17.6 Å². The zero-order valence-electron chi connectivity index (χ0n) is 8.00. The van der Waals surface area contributed by atoms with E-state index in [0.29, 0.717) is 11.6 Å². The maximum atomic E-state index is 10.3.